The van der Waals surface area contributed by atoms with Crippen molar-refractivity contribution in [3.8, 4) is 5.69 Å². The van der Waals surface area contributed by atoms with Gasteiger partial charge < -0.3 is 0 Å². The first kappa shape index (κ1) is 8.72. The number of para-hydroxylation sites is 1. The van der Waals surface area contributed by atoms with Crippen molar-refractivity contribution in [3.63, 3.8) is 0 Å². The van der Waals surface area contributed by atoms with Crippen LogP contribution in [0.4, 0.5) is 0 Å². The minimum Gasteiger partial charge on any atom is -0.237 e. The highest BCUT2D eigenvalue weighted by Crippen LogP contribution is 2.36. The molecular weight excluding hydrogens is 184 g/mol. The van der Waals surface area contributed by atoms with Crippen LogP contribution < -0.4 is 0 Å². The van der Waals surface area contributed by atoms with Crippen molar-refractivity contribution in [2.75, 3.05) is 0 Å². The molecule has 1 fully saturated rings. The van der Waals surface area contributed by atoms with Gasteiger partial charge in [-0.2, -0.15) is 5.10 Å². The van der Waals surface area contributed by atoms with E-state index in [1.807, 2.05) is 28.9 Å². The zero-order chi connectivity index (χ0) is 10.1. The molecule has 1 aromatic carbocycles. The van der Waals surface area contributed by atoms with Gasteiger partial charge in [-0.1, -0.05) is 24.6 Å². The van der Waals surface area contributed by atoms with Crippen LogP contribution in [0, 0.1) is 6.20 Å². The number of hydrogen-bond acceptors (Lipinski definition) is 1. The molecule has 0 aliphatic heterocycles. The van der Waals surface area contributed by atoms with E-state index in [-0.39, 0.29) is 0 Å². The minimum atomic E-state index is 0.698. The van der Waals surface area contributed by atoms with Crippen LogP contribution in [0.1, 0.15) is 30.9 Å². The molecule has 0 saturated heterocycles. The Morgan fingerprint density at radius 1 is 1.20 bits per heavy atom. The highest BCUT2D eigenvalue weighted by Gasteiger charge is 2.23. The zero-order valence-corrected chi connectivity index (χ0v) is 8.56. The fraction of sp³-hybridized carbons (Fsp3) is 0.308. The highest BCUT2D eigenvalue weighted by molar-refractivity contribution is 5.33. The molecular formula is C13H13N2. The lowest BCUT2D eigenvalue weighted by molar-refractivity contribution is 0.403. The smallest absolute Gasteiger partial charge is 0.113 e. The first-order valence-electron chi connectivity index (χ1n) is 5.46. The summed E-state index contributed by atoms with van der Waals surface area (Å²) in [6, 6.07) is 12.3. The first-order valence-corrected chi connectivity index (χ1v) is 5.46. The largest absolute Gasteiger partial charge is 0.237 e. The molecule has 0 spiro atoms. The van der Waals surface area contributed by atoms with Gasteiger partial charge in [-0.05, 0) is 31.0 Å². The summed E-state index contributed by atoms with van der Waals surface area (Å²) in [5.41, 5.74) is 2.45. The summed E-state index contributed by atoms with van der Waals surface area (Å²) in [6.45, 7) is 0. The number of nitrogens with zero attached hydrogens (tertiary/aromatic N) is 2. The Morgan fingerprint density at radius 3 is 2.67 bits per heavy atom. The van der Waals surface area contributed by atoms with Gasteiger partial charge in [0.25, 0.3) is 0 Å². The Bertz CT molecular complexity index is 441. The summed E-state index contributed by atoms with van der Waals surface area (Å²) in [5, 5.41) is 4.28. The molecule has 2 nitrogen and oxygen atoms in total. The fourth-order valence-corrected chi connectivity index (χ4v) is 2.04. The zero-order valence-electron chi connectivity index (χ0n) is 8.56. The molecule has 1 aliphatic carbocycles. The quantitative estimate of drug-likeness (QED) is 0.723. The second kappa shape index (κ2) is 3.54. The van der Waals surface area contributed by atoms with E-state index in [0.717, 1.165) is 5.69 Å². The van der Waals surface area contributed by atoms with Gasteiger partial charge in [0.05, 0.1) is 5.69 Å². The number of aromatic nitrogens is 2. The first-order chi connectivity index (χ1) is 7.45. The average Bonchev–Trinajstić information content (AvgIpc) is 2.65. The van der Waals surface area contributed by atoms with Crippen molar-refractivity contribution in [2.45, 2.75) is 25.2 Å². The molecule has 0 bridgehead atoms. The van der Waals surface area contributed by atoms with Crippen LogP contribution in [-0.2, 0) is 0 Å². The van der Waals surface area contributed by atoms with Crippen molar-refractivity contribution >= 4 is 0 Å². The van der Waals surface area contributed by atoms with E-state index in [4.69, 9.17) is 0 Å². The molecule has 2 aromatic rings. The van der Waals surface area contributed by atoms with Gasteiger partial charge in [0, 0.05) is 11.6 Å². The van der Waals surface area contributed by atoms with E-state index in [2.05, 4.69) is 23.4 Å². The van der Waals surface area contributed by atoms with E-state index in [1.165, 1.54) is 25.0 Å². The molecule has 0 unspecified atom stereocenters. The van der Waals surface area contributed by atoms with Crippen molar-refractivity contribution < 1.29 is 0 Å². The van der Waals surface area contributed by atoms with Gasteiger partial charge in [-0.15, -0.1) is 0 Å². The summed E-state index contributed by atoms with van der Waals surface area (Å²) in [7, 11) is 0. The van der Waals surface area contributed by atoms with E-state index in [0.29, 0.717) is 5.92 Å². The van der Waals surface area contributed by atoms with Gasteiger partial charge in [-0.3, -0.25) is 0 Å². The predicted molar refractivity (Wildman–Crippen MR) is 59.0 cm³/mol. The molecule has 3 rings (SSSR count). The molecule has 2 heteroatoms. The van der Waals surface area contributed by atoms with Gasteiger partial charge in [0.15, 0.2) is 0 Å². The van der Waals surface area contributed by atoms with Crippen LogP contribution in [-0.4, -0.2) is 9.78 Å². The summed E-state index contributed by atoms with van der Waals surface area (Å²) in [4.78, 5) is 0. The Balaban J connectivity index is 2.01. The normalized spacial score (nSPS) is 16.3. The van der Waals surface area contributed by atoms with Crippen molar-refractivity contribution in [1.29, 1.82) is 0 Å². The van der Waals surface area contributed by atoms with E-state index in [9.17, 15) is 0 Å². The summed E-state index contributed by atoms with van der Waals surface area (Å²) in [6.07, 6.45) is 6.91. The SMILES string of the molecule is [c]1cc(C2CCC2)n(-c2ccccc2)n1. The maximum atomic E-state index is 4.28. The second-order valence-electron chi connectivity index (χ2n) is 4.07. The lowest BCUT2D eigenvalue weighted by atomic mass is 9.83. The summed E-state index contributed by atoms with van der Waals surface area (Å²) in [5.74, 6) is 0.698. The Hall–Kier alpha value is -1.57. The van der Waals surface area contributed by atoms with E-state index < -0.39 is 0 Å². The third kappa shape index (κ3) is 1.46. The lowest BCUT2D eigenvalue weighted by Crippen LogP contribution is -2.14. The Labute approximate surface area is 89.5 Å². The Kier molecular flexibility index (Phi) is 2.05. The van der Waals surface area contributed by atoms with Crippen LogP contribution in [0.2, 0.25) is 0 Å². The molecule has 1 heterocycles. The molecule has 1 radical (unpaired) electrons. The third-order valence-corrected chi connectivity index (χ3v) is 3.14. The van der Waals surface area contributed by atoms with Crippen LogP contribution >= 0.6 is 0 Å². The van der Waals surface area contributed by atoms with Crippen LogP contribution in [0.5, 0.6) is 0 Å². The van der Waals surface area contributed by atoms with Gasteiger partial charge in [0.1, 0.15) is 6.20 Å². The molecule has 1 saturated carbocycles. The number of rotatable bonds is 2. The monoisotopic (exact) mass is 197 g/mol. The lowest BCUT2D eigenvalue weighted by Gasteiger charge is -2.25. The third-order valence-electron chi connectivity index (χ3n) is 3.14. The van der Waals surface area contributed by atoms with Crippen molar-refractivity contribution in [3.05, 3.63) is 48.3 Å². The summed E-state index contributed by atoms with van der Waals surface area (Å²) < 4.78 is 2.02. The Morgan fingerprint density at radius 2 is 2.00 bits per heavy atom. The minimum absolute atomic E-state index is 0.698. The maximum Gasteiger partial charge on any atom is 0.113 e. The fourth-order valence-electron chi connectivity index (χ4n) is 2.04. The van der Waals surface area contributed by atoms with Gasteiger partial charge in [-0.25, -0.2) is 4.68 Å². The molecule has 15 heavy (non-hydrogen) atoms. The molecule has 75 valence electrons. The van der Waals surface area contributed by atoms with E-state index >= 15 is 0 Å². The number of hydrogen-bond donors (Lipinski definition) is 0. The summed E-state index contributed by atoms with van der Waals surface area (Å²) >= 11 is 0. The predicted octanol–water partition coefficient (Wildman–Crippen LogP) is 2.94. The highest BCUT2D eigenvalue weighted by atomic mass is 15.3. The molecule has 0 atom stereocenters. The van der Waals surface area contributed by atoms with Crippen molar-refractivity contribution in [2.24, 2.45) is 0 Å². The molecule has 0 amide bonds. The van der Waals surface area contributed by atoms with Crippen LogP contribution in [0.25, 0.3) is 5.69 Å². The van der Waals surface area contributed by atoms with Crippen molar-refractivity contribution in [1.82, 2.24) is 9.78 Å². The number of benzene rings is 1. The second-order valence-corrected chi connectivity index (χ2v) is 4.07. The van der Waals surface area contributed by atoms with Gasteiger partial charge >= 0.3 is 0 Å². The maximum absolute atomic E-state index is 4.28. The standard InChI is InChI=1S/C13H13N2/c1-2-7-12(8-3-1)15-13(9-10-14-15)11-5-4-6-11/h1-3,7-9,11H,4-6H2. The van der Waals surface area contributed by atoms with Gasteiger partial charge in [0.2, 0.25) is 0 Å². The molecule has 0 N–H and O–H groups in total. The molecule has 1 aromatic heterocycles. The molecule has 1 aliphatic rings. The topological polar surface area (TPSA) is 17.8 Å². The average molecular weight is 197 g/mol. The van der Waals surface area contributed by atoms with Crippen LogP contribution in [0.3, 0.4) is 0 Å². The van der Waals surface area contributed by atoms with E-state index in [1.54, 1.807) is 0 Å². The van der Waals surface area contributed by atoms with Crippen LogP contribution in [0.15, 0.2) is 36.4 Å².